The minimum absolute atomic E-state index is 0.0774. The number of aromatic nitrogens is 1. The molecule has 2 rings (SSSR count). The number of rotatable bonds is 1. The van der Waals surface area contributed by atoms with E-state index in [4.69, 9.17) is 10.8 Å². The molecular weight excluding hydrogens is 232 g/mol. The van der Waals surface area contributed by atoms with Crippen molar-refractivity contribution in [3.05, 3.63) is 35.5 Å². The summed E-state index contributed by atoms with van der Waals surface area (Å²) < 4.78 is 0. The molecule has 0 amide bonds. The number of benzene rings is 1. The highest BCUT2D eigenvalue weighted by molar-refractivity contribution is 5.95. The molecule has 0 unspecified atom stereocenters. The molecule has 0 atom stereocenters. The minimum Gasteiger partial charge on any atom is -0.506 e. The van der Waals surface area contributed by atoms with Crippen molar-refractivity contribution in [3.63, 3.8) is 0 Å². The zero-order chi connectivity index (χ0) is 13.1. The van der Waals surface area contributed by atoms with Crippen LogP contribution in [0.4, 0.5) is 0 Å². The van der Waals surface area contributed by atoms with Crippen molar-refractivity contribution in [2.24, 2.45) is 5.73 Å². The van der Waals surface area contributed by atoms with E-state index in [2.05, 4.69) is 16.8 Å². The first-order chi connectivity index (χ1) is 8.63. The monoisotopic (exact) mass is 242 g/mol. The van der Waals surface area contributed by atoms with E-state index in [0.29, 0.717) is 10.9 Å². The molecule has 0 fully saturated rings. The van der Waals surface area contributed by atoms with Crippen LogP contribution in [0.3, 0.4) is 0 Å². The van der Waals surface area contributed by atoms with E-state index in [9.17, 15) is 9.90 Å². The van der Waals surface area contributed by atoms with Gasteiger partial charge in [0.1, 0.15) is 17.0 Å². The smallest absolute Gasteiger partial charge is 0.354 e. The molecule has 0 radical (unpaired) electrons. The zero-order valence-electron chi connectivity index (χ0n) is 9.34. The van der Waals surface area contributed by atoms with Crippen LogP contribution in [-0.2, 0) is 0 Å². The number of fused-ring (bicyclic) bond motifs is 1. The normalized spacial score (nSPS) is 9.83. The lowest BCUT2D eigenvalue weighted by molar-refractivity contribution is 0.0691. The highest BCUT2D eigenvalue weighted by Gasteiger charge is 2.11. The number of pyridine rings is 1. The number of nitrogens with zero attached hydrogens (tertiary/aromatic N) is 1. The van der Waals surface area contributed by atoms with Crippen LogP contribution < -0.4 is 5.73 Å². The Balaban J connectivity index is 2.81. The molecule has 5 nitrogen and oxygen atoms in total. The van der Waals surface area contributed by atoms with E-state index in [1.807, 2.05) is 0 Å². The SMILES string of the molecule is NCC#Cc1cc(C(=O)O)nc2c(O)cccc12. The minimum atomic E-state index is -1.17. The van der Waals surface area contributed by atoms with Gasteiger partial charge in [-0.1, -0.05) is 24.0 Å². The molecule has 1 aromatic carbocycles. The molecule has 4 N–H and O–H groups in total. The second kappa shape index (κ2) is 4.73. The van der Waals surface area contributed by atoms with Crippen molar-refractivity contribution in [1.29, 1.82) is 0 Å². The Kier molecular flexibility index (Phi) is 3.13. The number of phenolic OH excluding ortho intramolecular Hbond substituents is 1. The maximum absolute atomic E-state index is 11.0. The van der Waals surface area contributed by atoms with Crippen molar-refractivity contribution < 1.29 is 15.0 Å². The van der Waals surface area contributed by atoms with Crippen molar-refractivity contribution in [2.75, 3.05) is 6.54 Å². The third kappa shape index (κ3) is 2.10. The van der Waals surface area contributed by atoms with Gasteiger partial charge in [0, 0.05) is 10.9 Å². The molecule has 0 spiro atoms. The second-order valence-corrected chi connectivity index (χ2v) is 3.54. The fourth-order valence-corrected chi connectivity index (χ4v) is 1.59. The van der Waals surface area contributed by atoms with Gasteiger partial charge in [-0.15, -0.1) is 0 Å². The molecule has 0 aliphatic heterocycles. The van der Waals surface area contributed by atoms with Gasteiger partial charge in [0.2, 0.25) is 0 Å². The molecule has 5 heteroatoms. The summed E-state index contributed by atoms with van der Waals surface area (Å²) in [6.45, 7) is 0.172. The summed E-state index contributed by atoms with van der Waals surface area (Å²) in [5.41, 5.74) is 5.84. The van der Waals surface area contributed by atoms with Gasteiger partial charge in [0.05, 0.1) is 6.54 Å². The molecule has 0 aliphatic rings. The summed E-state index contributed by atoms with van der Waals surface area (Å²) in [6.07, 6.45) is 0. The standard InChI is InChI=1S/C13H10N2O3/c14-6-2-3-8-7-10(13(17)18)15-12-9(8)4-1-5-11(12)16/h1,4-5,7,16H,6,14H2,(H,17,18). The quantitative estimate of drug-likeness (QED) is 0.647. The van der Waals surface area contributed by atoms with Crippen molar-refractivity contribution in [2.45, 2.75) is 0 Å². The van der Waals surface area contributed by atoms with Crippen molar-refractivity contribution in [1.82, 2.24) is 4.98 Å². The molecule has 90 valence electrons. The Morgan fingerprint density at radius 2 is 2.22 bits per heavy atom. The molecule has 0 aliphatic carbocycles. The van der Waals surface area contributed by atoms with Gasteiger partial charge < -0.3 is 15.9 Å². The topological polar surface area (TPSA) is 96.4 Å². The third-order valence-corrected chi connectivity index (χ3v) is 2.36. The first kappa shape index (κ1) is 11.9. The van der Waals surface area contributed by atoms with E-state index in [1.165, 1.54) is 12.1 Å². The number of hydrogen-bond acceptors (Lipinski definition) is 4. The predicted octanol–water partition coefficient (Wildman–Crippen LogP) is 0.949. The van der Waals surface area contributed by atoms with Gasteiger partial charge in [0.25, 0.3) is 0 Å². The Morgan fingerprint density at radius 3 is 2.89 bits per heavy atom. The van der Waals surface area contributed by atoms with Crippen LogP contribution in [0.15, 0.2) is 24.3 Å². The molecular formula is C13H10N2O3. The Hall–Kier alpha value is -2.58. The second-order valence-electron chi connectivity index (χ2n) is 3.54. The highest BCUT2D eigenvalue weighted by atomic mass is 16.4. The summed E-state index contributed by atoms with van der Waals surface area (Å²) in [5.74, 6) is 4.19. The highest BCUT2D eigenvalue weighted by Crippen LogP contribution is 2.25. The van der Waals surface area contributed by atoms with Gasteiger partial charge in [-0.3, -0.25) is 0 Å². The zero-order valence-corrected chi connectivity index (χ0v) is 9.34. The van der Waals surface area contributed by atoms with E-state index < -0.39 is 5.97 Å². The Morgan fingerprint density at radius 1 is 1.44 bits per heavy atom. The van der Waals surface area contributed by atoms with Gasteiger partial charge in [-0.25, -0.2) is 9.78 Å². The largest absolute Gasteiger partial charge is 0.506 e. The van der Waals surface area contributed by atoms with Crippen molar-refractivity contribution in [3.8, 4) is 17.6 Å². The van der Waals surface area contributed by atoms with Crippen LogP contribution in [-0.4, -0.2) is 27.7 Å². The predicted molar refractivity (Wildman–Crippen MR) is 66.3 cm³/mol. The van der Waals surface area contributed by atoms with E-state index in [1.54, 1.807) is 12.1 Å². The van der Waals surface area contributed by atoms with Crippen LogP contribution in [0.5, 0.6) is 5.75 Å². The van der Waals surface area contributed by atoms with Gasteiger partial charge in [-0.05, 0) is 12.1 Å². The van der Waals surface area contributed by atoms with Gasteiger partial charge in [-0.2, -0.15) is 0 Å². The molecule has 0 bridgehead atoms. The molecule has 0 saturated carbocycles. The van der Waals surface area contributed by atoms with Crippen molar-refractivity contribution >= 4 is 16.9 Å². The number of phenols is 1. The summed E-state index contributed by atoms with van der Waals surface area (Å²) in [7, 11) is 0. The summed E-state index contributed by atoms with van der Waals surface area (Å²) in [5, 5.41) is 19.3. The maximum atomic E-state index is 11.0. The van der Waals surface area contributed by atoms with E-state index >= 15 is 0 Å². The number of carboxylic acids is 1. The number of nitrogens with two attached hydrogens (primary N) is 1. The molecule has 0 saturated heterocycles. The first-order valence-electron chi connectivity index (χ1n) is 5.18. The lowest BCUT2D eigenvalue weighted by atomic mass is 10.1. The number of carbonyl (C=O) groups is 1. The van der Waals surface area contributed by atoms with Crippen LogP contribution in [0.25, 0.3) is 10.9 Å². The number of aromatic carboxylic acids is 1. The van der Waals surface area contributed by atoms with E-state index in [-0.39, 0.29) is 23.5 Å². The average molecular weight is 242 g/mol. The van der Waals surface area contributed by atoms with Crippen LogP contribution in [0.2, 0.25) is 0 Å². The Bertz CT molecular complexity index is 684. The van der Waals surface area contributed by atoms with Gasteiger partial charge in [0.15, 0.2) is 0 Å². The number of aromatic hydroxyl groups is 1. The Labute approximate surface area is 103 Å². The van der Waals surface area contributed by atoms with Crippen LogP contribution in [0.1, 0.15) is 16.1 Å². The lowest BCUT2D eigenvalue weighted by Crippen LogP contribution is -2.02. The fourth-order valence-electron chi connectivity index (χ4n) is 1.59. The number of para-hydroxylation sites is 1. The van der Waals surface area contributed by atoms with Crippen LogP contribution in [0, 0.1) is 11.8 Å². The molecule has 2 aromatic rings. The molecule has 1 heterocycles. The molecule has 18 heavy (non-hydrogen) atoms. The molecule has 1 aromatic heterocycles. The van der Waals surface area contributed by atoms with Crippen LogP contribution >= 0.6 is 0 Å². The maximum Gasteiger partial charge on any atom is 0.354 e. The average Bonchev–Trinajstić information content (AvgIpc) is 2.36. The number of hydrogen-bond donors (Lipinski definition) is 3. The van der Waals surface area contributed by atoms with E-state index in [0.717, 1.165) is 0 Å². The number of carboxylic acid groups (broad SMARTS) is 1. The summed E-state index contributed by atoms with van der Waals surface area (Å²) >= 11 is 0. The summed E-state index contributed by atoms with van der Waals surface area (Å²) in [6, 6.07) is 6.18. The fraction of sp³-hybridized carbons (Fsp3) is 0.0769. The summed E-state index contributed by atoms with van der Waals surface area (Å²) in [4.78, 5) is 14.9. The lowest BCUT2D eigenvalue weighted by Gasteiger charge is -2.04. The van der Waals surface area contributed by atoms with Gasteiger partial charge >= 0.3 is 5.97 Å². The third-order valence-electron chi connectivity index (χ3n) is 2.36. The first-order valence-corrected chi connectivity index (χ1v) is 5.18.